The molecule has 0 radical (unpaired) electrons. The second-order valence-electron chi connectivity index (χ2n) is 6.85. The standard InChI is InChI=1S/C18H23F3N2O3/c1-25-15-11-23(8-7-17(15)6-3-9-26-17)12-16(24)22-14-5-2-4-13(10-14)18(19,20)21/h2,4-5,10,15H,3,6-9,11-12H2,1H3,(H,22,24)/t15-,17+/m0/s1. The van der Waals surface area contributed by atoms with Gasteiger partial charge in [-0.15, -0.1) is 0 Å². The summed E-state index contributed by atoms with van der Waals surface area (Å²) < 4.78 is 49.8. The van der Waals surface area contributed by atoms with Crippen LogP contribution in [0.5, 0.6) is 0 Å². The van der Waals surface area contributed by atoms with Crippen molar-refractivity contribution in [1.29, 1.82) is 0 Å². The molecule has 2 atom stereocenters. The van der Waals surface area contributed by atoms with E-state index in [4.69, 9.17) is 9.47 Å². The van der Waals surface area contributed by atoms with Crippen LogP contribution >= 0.6 is 0 Å². The number of methoxy groups -OCH3 is 1. The quantitative estimate of drug-likeness (QED) is 0.883. The zero-order valence-electron chi connectivity index (χ0n) is 14.6. The SMILES string of the molecule is CO[C@H]1CN(CC(=O)Nc2cccc(C(F)(F)F)c2)CC[C@]12CCCO2. The highest BCUT2D eigenvalue weighted by Gasteiger charge is 2.46. The van der Waals surface area contributed by atoms with E-state index < -0.39 is 11.7 Å². The van der Waals surface area contributed by atoms with Gasteiger partial charge < -0.3 is 14.8 Å². The van der Waals surface area contributed by atoms with E-state index in [1.165, 1.54) is 12.1 Å². The third kappa shape index (κ3) is 4.19. The minimum Gasteiger partial charge on any atom is -0.377 e. The maximum atomic E-state index is 12.8. The molecule has 0 saturated carbocycles. The summed E-state index contributed by atoms with van der Waals surface area (Å²) in [4.78, 5) is 14.2. The molecule has 1 aromatic carbocycles. The van der Waals surface area contributed by atoms with Crippen LogP contribution < -0.4 is 5.32 Å². The number of halogens is 3. The molecule has 8 heteroatoms. The number of hydrogen-bond acceptors (Lipinski definition) is 4. The maximum absolute atomic E-state index is 12.8. The van der Waals surface area contributed by atoms with Gasteiger partial charge in [0.15, 0.2) is 0 Å². The molecule has 0 unspecified atom stereocenters. The molecule has 1 N–H and O–H groups in total. The largest absolute Gasteiger partial charge is 0.416 e. The van der Waals surface area contributed by atoms with Crippen molar-refractivity contribution in [3.05, 3.63) is 29.8 Å². The van der Waals surface area contributed by atoms with Crippen LogP contribution in [0.1, 0.15) is 24.8 Å². The predicted molar refractivity (Wildman–Crippen MR) is 89.8 cm³/mol. The summed E-state index contributed by atoms with van der Waals surface area (Å²) in [6.07, 6.45) is -1.80. The fourth-order valence-corrected chi connectivity index (χ4v) is 3.78. The second-order valence-corrected chi connectivity index (χ2v) is 6.85. The minimum absolute atomic E-state index is 0.103. The molecule has 26 heavy (non-hydrogen) atoms. The molecule has 1 amide bonds. The van der Waals surface area contributed by atoms with Crippen LogP contribution in [0.25, 0.3) is 0 Å². The smallest absolute Gasteiger partial charge is 0.377 e. The number of amides is 1. The van der Waals surface area contributed by atoms with E-state index in [1.54, 1.807) is 7.11 Å². The molecule has 1 aromatic rings. The van der Waals surface area contributed by atoms with Gasteiger partial charge in [0.2, 0.25) is 5.91 Å². The first kappa shape index (κ1) is 19.1. The summed E-state index contributed by atoms with van der Waals surface area (Å²) >= 11 is 0. The van der Waals surface area contributed by atoms with Crippen molar-refractivity contribution in [2.75, 3.05) is 38.7 Å². The van der Waals surface area contributed by atoms with Gasteiger partial charge >= 0.3 is 6.18 Å². The Hall–Kier alpha value is -1.64. The highest BCUT2D eigenvalue weighted by Crippen LogP contribution is 2.37. The zero-order valence-corrected chi connectivity index (χ0v) is 14.6. The van der Waals surface area contributed by atoms with Crippen LogP contribution in [-0.4, -0.2) is 55.9 Å². The predicted octanol–water partition coefficient (Wildman–Crippen LogP) is 2.91. The number of carbonyl (C=O) groups is 1. The lowest BCUT2D eigenvalue weighted by molar-refractivity contribution is -0.145. The number of ether oxygens (including phenoxy) is 2. The number of hydrogen-bond donors (Lipinski definition) is 1. The van der Waals surface area contributed by atoms with Crippen LogP contribution in [0.3, 0.4) is 0 Å². The van der Waals surface area contributed by atoms with Crippen LogP contribution in [0.4, 0.5) is 18.9 Å². The van der Waals surface area contributed by atoms with E-state index in [9.17, 15) is 18.0 Å². The fourth-order valence-electron chi connectivity index (χ4n) is 3.78. The van der Waals surface area contributed by atoms with Gasteiger partial charge in [-0.1, -0.05) is 6.07 Å². The summed E-state index contributed by atoms with van der Waals surface area (Å²) in [6, 6.07) is 4.64. The molecule has 5 nitrogen and oxygen atoms in total. The number of piperidine rings is 1. The Labute approximate surface area is 150 Å². The van der Waals surface area contributed by atoms with E-state index >= 15 is 0 Å². The lowest BCUT2D eigenvalue weighted by atomic mass is 9.86. The van der Waals surface area contributed by atoms with Crippen LogP contribution in [0, 0.1) is 0 Å². The van der Waals surface area contributed by atoms with Gasteiger partial charge in [0.1, 0.15) is 0 Å². The summed E-state index contributed by atoms with van der Waals surface area (Å²) in [5, 5.41) is 2.54. The van der Waals surface area contributed by atoms with Crippen molar-refractivity contribution < 1.29 is 27.4 Å². The van der Waals surface area contributed by atoms with Crippen LogP contribution in [-0.2, 0) is 20.4 Å². The molecular weight excluding hydrogens is 349 g/mol. The molecular formula is C18H23F3N2O3. The molecule has 144 valence electrons. The Morgan fingerprint density at radius 2 is 2.23 bits per heavy atom. The summed E-state index contributed by atoms with van der Waals surface area (Å²) in [7, 11) is 1.64. The molecule has 2 aliphatic rings. The first-order valence-electron chi connectivity index (χ1n) is 8.69. The fraction of sp³-hybridized carbons (Fsp3) is 0.611. The number of nitrogens with one attached hydrogen (secondary N) is 1. The van der Waals surface area contributed by atoms with Gasteiger partial charge in [-0.05, 0) is 37.5 Å². The number of likely N-dealkylation sites (tertiary alicyclic amines) is 1. The lowest BCUT2D eigenvalue weighted by Crippen LogP contribution is -2.57. The van der Waals surface area contributed by atoms with E-state index in [0.29, 0.717) is 13.1 Å². The highest BCUT2D eigenvalue weighted by atomic mass is 19.4. The Kier molecular flexibility index (Phi) is 5.55. The number of carbonyl (C=O) groups excluding carboxylic acids is 1. The number of alkyl halides is 3. The van der Waals surface area contributed by atoms with Crippen LogP contribution in [0.15, 0.2) is 24.3 Å². The van der Waals surface area contributed by atoms with Crippen molar-refractivity contribution in [2.24, 2.45) is 0 Å². The Morgan fingerprint density at radius 3 is 2.88 bits per heavy atom. The van der Waals surface area contributed by atoms with Crippen molar-refractivity contribution in [2.45, 2.75) is 37.1 Å². The van der Waals surface area contributed by atoms with Crippen LogP contribution in [0.2, 0.25) is 0 Å². The molecule has 2 aliphatic heterocycles. The first-order chi connectivity index (χ1) is 12.3. The molecule has 1 spiro atoms. The van der Waals surface area contributed by atoms with E-state index in [-0.39, 0.29) is 29.8 Å². The van der Waals surface area contributed by atoms with Crippen molar-refractivity contribution >= 4 is 11.6 Å². The van der Waals surface area contributed by atoms with Gasteiger partial charge in [0, 0.05) is 32.5 Å². The number of anilines is 1. The molecule has 2 heterocycles. The second kappa shape index (κ2) is 7.54. The van der Waals surface area contributed by atoms with Gasteiger partial charge in [0.25, 0.3) is 0 Å². The Morgan fingerprint density at radius 1 is 1.42 bits per heavy atom. The zero-order chi connectivity index (χ0) is 18.8. The van der Waals surface area contributed by atoms with Crippen molar-refractivity contribution in [3.8, 4) is 0 Å². The Bertz CT molecular complexity index is 645. The van der Waals surface area contributed by atoms with E-state index in [2.05, 4.69) is 5.32 Å². The molecule has 2 fully saturated rings. The summed E-state index contributed by atoms with van der Waals surface area (Å²) in [5.74, 6) is -0.345. The molecule has 3 rings (SSSR count). The monoisotopic (exact) mass is 372 g/mol. The minimum atomic E-state index is -4.44. The summed E-state index contributed by atoms with van der Waals surface area (Å²) in [6.45, 7) is 2.09. The number of rotatable bonds is 4. The van der Waals surface area contributed by atoms with Gasteiger partial charge in [-0.2, -0.15) is 13.2 Å². The van der Waals surface area contributed by atoms with Crippen molar-refractivity contribution in [1.82, 2.24) is 4.90 Å². The average molecular weight is 372 g/mol. The molecule has 0 aliphatic carbocycles. The normalized spacial score (nSPS) is 27.0. The van der Waals surface area contributed by atoms with Gasteiger partial charge in [0.05, 0.1) is 23.8 Å². The number of benzene rings is 1. The molecule has 0 aromatic heterocycles. The third-order valence-corrected chi connectivity index (χ3v) is 5.12. The highest BCUT2D eigenvalue weighted by molar-refractivity contribution is 5.92. The molecule has 2 saturated heterocycles. The van der Waals surface area contributed by atoms with Gasteiger partial charge in [-0.25, -0.2) is 0 Å². The summed E-state index contributed by atoms with van der Waals surface area (Å²) in [5.41, 5.74) is -0.906. The van der Waals surface area contributed by atoms with E-state index in [0.717, 1.165) is 38.0 Å². The molecule has 0 bridgehead atoms. The topological polar surface area (TPSA) is 50.8 Å². The first-order valence-corrected chi connectivity index (χ1v) is 8.69. The maximum Gasteiger partial charge on any atom is 0.416 e. The number of nitrogens with zero attached hydrogens (tertiary/aromatic N) is 1. The third-order valence-electron chi connectivity index (χ3n) is 5.12. The Balaban J connectivity index is 1.57. The average Bonchev–Trinajstić information content (AvgIpc) is 3.05. The van der Waals surface area contributed by atoms with Gasteiger partial charge in [-0.3, -0.25) is 9.69 Å². The lowest BCUT2D eigenvalue weighted by Gasteiger charge is -2.44. The van der Waals surface area contributed by atoms with Crippen molar-refractivity contribution in [3.63, 3.8) is 0 Å². The van der Waals surface area contributed by atoms with E-state index in [1.807, 2.05) is 4.90 Å².